The fourth-order valence-electron chi connectivity index (χ4n) is 2.97. The minimum atomic E-state index is 0.388. The summed E-state index contributed by atoms with van der Waals surface area (Å²) >= 11 is 0. The molecule has 0 aliphatic carbocycles. The Morgan fingerprint density at radius 1 is 1.33 bits per heavy atom. The van der Waals surface area contributed by atoms with Gasteiger partial charge in [0.2, 0.25) is 0 Å². The molecule has 3 heterocycles. The molecule has 4 nitrogen and oxygen atoms in total. The first-order valence-electron chi connectivity index (χ1n) is 7.84. The molecule has 1 fully saturated rings. The van der Waals surface area contributed by atoms with Crippen LogP contribution in [0.1, 0.15) is 62.2 Å². The quantitative estimate of drug-likeness (QED) is 0.854. The zero-order valence-electron chi connectivity index (χ0n) is 12.8. The predicted molar refractivity (Wildman–Crippen MR) is 81.8 cm³/mol. The zero-order chi connectivity index (χ0) is 14.7. The first-order valence-corrected chi connectivity index (χ1v) is 7.84. The maximum Gasteiger partial charge on any atom is 0.139 e. The van der Waals surface area contributed by atoms with Crippen molar-refractivity contribution in [2.45, 2.75) is 51.6 Å². The van der Waals surface area contributed by atoms with Crippen LogP contribution in [-0.2, 0) is 6.54 Å². The highest BCUT2D eigenvalue weighted by atomic mass is 16.5. The molecular weight excluding hydrogens is 262 g/mol. The van der Waals surface area contributed by atoms with Gasteiger partial charge in [0.1, 0.15) is 5.76 Å². The largest absolute Gasteiger partial charge is 0.361 e. The predicted octanol–water partition coefficient (Wildman–Crippen LogP) is 3.92. The third kappa shape index (κ3) is 3.32. The van der Waals surface area contributed by atoms with E-state index in [1.165, 1.54) is 25.0 Å². The fraction of sp³-hybridized carbons (Fsp3) is 0.529. The summed E-state index contributed by atoms with van der Waals surface area (Å²) < 4.78 is 5.42. The van der Waals surface area contributed by atoms with E-state index in [0.717, 1.165) is 24.5 Å². The molecule has 0 saturated carbocycles. The highest BCUT2D eigenvalue weighted by Crippen LogP contribution is 2.31. The van der Waals surface area contributed by atoms with Crippen LogP contribution in [0, 0.1) is 0 Å². The minimum Gasteiger partial charge on any atom is -0.361 e. The normalized spacial score (nSPS) is 20.0. The molecule has 0 amide bonds. The monoisotopic (exact) mass is 285 g/mol. The van der Waals surface area contributed by atoms with Gasteiger partial charge in [0.05, 0.1) is 17.4 Å². The van der Waals surface area contributed by atoms with Crippen molar-refractivity contribution in [2.24, 2.45) is 0 Å². The summed E-state index contributed by atoms with van der Waals surface area (Å²) in [7, 11) is 0. The maximum absolute atomic E-state index is 5.42. The summed E-state index contributed by atoms with van der Waals surface area (Å²) in [6, 6.07) is 8.67. The number of aromatic nitrogens is 2. The molecular formula is C17H23N3O. The molecule has 0 bridgehead atoms. The Balaban J connectivity index is 1.75. The lowest BCUT2D eigenvalue weighted by Crippen LogP contribution is -2.33. The van der Waals surface area contributed by atoms with Crippen molar-refractivity contribution in [3.63, 3.8) is 0 Å². The summed E-state index contributed by atoms with van der Waals surface area (Å²) in [6.07, 6.45) is 5.58. The lowest BCUT2D eigenvalue weighted by Gasteiger charge is -2.34. The van der Waals surface area contributed by atoms with E-state index in [1.807, 2.05) is 12.3 Å². The Kier molecular flexibility index (Phi) is 4.34. The van der Waals surface area contributed by atoms with Gasteiger partial charge in [-0.05, 0) is 31.5 Å². The molecule has 2 aromatic rings. The zero-order valence-corrected chi connectivity index (χ0v) is 12.8. The van der Waals surface area contributed by atoms with Gasteiger partial charge in [-0.15, -0.1) is 0 Å². The standard InChI is InChI=1S/C17H23N3O/c1-13(2)17-11-14(19-21-17)12-20-10-6-4-8-16(20)15-7-3-5-9-18-15/h3,5,7,9,11,13,16H,4,6,8,10,12H2,1-2H3. The Morgan fingerprint density at radius 2 is 2.24 bits per heavy atom. The molecule has 4 heteroatoms. The molecule has 112 valence electrons. The number of hydrogen-bond donors (Lipinski definition) is 0. The molecule has 1 saturated heterocycles. The Morgan fingerprint density at radius 3 is 2.95 bits per heavy atom. The number of likely N-dealkylation sites (tertiary alicyclic amines) is 1. The summed E-state index contributed by atoms with van der Waals surface area (Å²) in [5.41, 5.74) is 2.20. The molecule has 1 unspecified atom stereocenters. The third-order valence-electron chi connectivity index (χ3n) is 4.15. The first-order chi connectivity index (χ1) is 10.2. The molecule has 0 spiro atoms. The maximum atomic E-state index is 5.42. The molecule has 0 aromatic carbocycles. The number of pyridine rings is 1. The number of nitrogens with zero attached hydrogens (tertiary/aromatic N) is 3. The van der Waals surface area contributed by atoms with Gasteiger partial charge in [0.15, 0.2) is 0 Å². The first kappa shape index (κ1) is 14.3. The molecule has 1 aliphatic heterocycles. The van der Waals surface area contributed by atoms with Gasteiger partial charge in [-0.2, -0.15) is 0 Å². The Hall–Kier alpha value is -1.68. The van der Waals surface area contributed by atoms with Gasteiger partial charge in [-0.25, -0.2) is 0 Å². The van der Waals surface area contributed by atoms with Crippen LogP contribution in [-0.4, -0.2) is 21.6 Å². The van der Waals surface area contributed by atoms with Crippen LogP contribution in [0.5, 0.6) is 0 Å². The van der Waals surface area contributed by atoms with Crippen molar-refractivity contribution in [3.8, 4) is 0 Å². The van der Waals surface area contributed by atoms with E-state index < -0.39 is 0 Å². The second-order valence-corrected chi connectivity index (χ2v) is 6.11. The molecule has 21 heavy (non-hydrogen) atoms. The molecule has 1 atom stereocenters. The number of hydrogen-bond acceptors (Lipinski definition) is 4. The smallest absolute Gasteiger partial charge is 0.139 e. The van der Waals surface area contributed by atoms with Crippen LogP contribution < -0.4 is 0 Å². The van der Waals surface area contributed by atoms with Crippen molar-refractivity contribution >= 4 is 0 Å². The molecule has 0 radical (unpaired) electrons. The molecule has 1 aliphatic rings. The second kappa shape index (κ2) is 6.39. The van der Waals surface area contributed by atoms with E-state index in [4.69, 9.17) is 4.52 Å². The number of piperidine rings is 1. The summed E-state index contributed by atoms with van der Waals surface area (Å²) in [5, 5.41) is 4.22. The van der Waals surface area contributed by atoms with Crippen molar-refractivity contribution in [2.75, 3.05) is 6.54 Å². The molecule has 3 rings (SSSR count). The molecule has 2 aromatic heterocycles. The second-order valence-electron chi connectivity index (χ2n) is 6.11. The van der Waals surface area contributed by atoms with Crippen molar-refractivity contribution < 1.29 is 4.52 Å². The van der Waals surface area contributed by atoms with Crippen molar-refractivity contribution in [3.05, 3.63) is 47.6 Å². The van der Waals surface area contributed by atoms with E-state index >= 15 is 0 Å². The van der Waals surface area contributed by atoms with Crippen molar-refractivity contribution in [1.29, 1.82) is 0 Å². The topological polar surface area (TPSA) is 42.2 Å². The van der Waals surface area contributed by atoms with Crippen LogP contribution in [0.3, 0.4) is 0 Å². The minimum absolute atomic E-state index is 0.388. The third-order valence-corrected chi connectivity index (χ3v) is 4.15. The van der Waals surface area contributed by atoms with Gasteiger partial charge >= 0.3 is 0 Å². The Bertz CT molecular complexity index is 564. The summed E-state index contributed by atoms with van der Waals surface area (Å²) in [5.74, 6) is 1.36. The molecule has 0 N–H and O–H groups in total. The van der Waals surface area contributed by atoms with E-state index in [0.29, 0.717) is 12.0 Å². The average Bonchev–Trinajstić information content (AvgIpc) is 2.98. The number of rotatable bonds is 4. The van der Waals surface area contributed by atoms with E-state index in [-0.39, 0.29) is 0 Å². The van der Waals surface area contributed by atoms with Crippen LogP contribution in [0.15, 0.2) is 35.0 Å². The summed E-state index contributed by atoms with van der Waals surface area (Å²) in [6.45, 7) is 6.20. The Labute approximate surface area is 126 Å². The van der Waals surface area contributed by atoms with E-state index in [1.54, 1.807) is 0 Å². The van der Waals surface area contributed by atoms with Crippen LogP contribution in [0.4, 0.5) is 0 Å². The lowest BCUT2D eigenvalue weighted by molar-refractivity contribution is 0.133. The summed E-state index contributed by atoms with van der Waals surface area (Å²) in [4.78, 5) is 7.02. The highest BCUT2D eigenvalue weighted by molar-refractivity contribution is 5.12. The van der Waals surface area contributed by atoms with Crippen LogP contribution >= 0.6 is 0 Å². The average molecular weight is 285 g/mol. The van der Waals surface area contributed by atoms with Gasteiger partial charge in [-0.1, -0.05) is 31.5 Å². The van der Waals surface area contributed by atoms with Crippen LogP contribution in [0.2, 0.25) is 0 Å². The van der Waals surface area contributed by atoms with E-state index in [9.17, 15) is 0 Å². The van der Waals surface area contributed by atoms with E-state index in [2.05, 4.69) is 47.1 Å². The van der Waals surface area contributed by atoms with Gasteiger partial charge in [0, 0.05) is 24.7 Å². The van der Waals surface area contributed by atoms with Crippen molar-refractivity contribution in [1.82, 2.24) is 15.0 Å². The van der Waals surface area contributed by atoms with Gasteiger partial charge in [-0.3, -0.25) is 9.88 Å². The lowest BCUT2D eigenvalue weighted by atomic mass is 9.98. The SMILES string of the molecule is CC(C)c1cc(CN2CCCCC2c2ccccn2)no1. The highest BCUT2D eigenvalue weighted by Gasteiger charge is 2.25. The van der Waals surface area contributed by atoms with Gasteiger partial charge < -0.3 is 4.52 Å². The van der Waals surface area contributed by atoms with Crippen LogP contribution in [0.25, 0.3) is 0 Å². The van der Waals surface area contributed by atoms with Gasteiger partial charge in [0.25, 0.3) is 0 Å². The fourth-order valence-corrected chi connectivity index (χ4v) is 2.97.